The molecule has 0 spiro atoms. The number of ether oxygens (including phenoxy) is 1. The lowest BCUT2D eigenvalue weighted by Gasteiger charge is -2.24. The molecule has 0 aliphatic rings. The van der Waals surface area contributed by atoms with Crippen molar-refractivity contribution in [2.24, 2.45) is 0 Å². The van der Waals surface area contributed by atoms with Crippen molar-refractivity contribution in [2.45, 2.75) is 19.3 Å². The van der Waals surface area contributed by atoms with Gasteiger partial charge in [0.2, 0.25) is 0 Å². The maximum Gasteiger partial charge on any atom is 0.136 e. The van der Waals surface area contributed by atoms with Gasteiger partial charge in [0.15, 0.2) is 0 Å². The molecule has 0 amide bonds. The van der Waals surface area contributed by atoms with Crippen LogP contribution in [0.1, 0.15) is 11.1 Å². The molecule has 112 valence electrons. The average Bonchev–Trinajstić information content (AvgIpc) is 2.49. The first-order valence-electron chi connectivity index (χ1n) is 7.21. The maximum atomic E-state index is 13.9. The molecule has 0 aliphatic carbocycles. The number of halogens is 1. The van der Waals surface area contributed by atoms with Crippen LogP contribution in [0.15, 0.2) is 60.7 Å². The lowest BCUT2D eigenvalue weighted by molar-refractivity contribution is 0.0882. The van der Waals surface area contributed by atoms with Crippen molar-refractivity contribution >= 4 is 0 Å². The minimum Gasteiger partial charge on any atom is -0.382 e. The molecule has 3 heteroatoms. The first-order valence-corrected chi connectivity index (χ1v) is 7.21. The van der Waals surface area contributed by atoms with Gasteiger partial charge in [0.25, 0.3) is 0 Å². The molecule has 2 rings (SSSR count). The number of methoxy groups -OCH3 is 1. The third-order valence-corrected chi connectivity index (χ3v) is 3.30. The van der Waals surface area contributed by atoms with Gasteiger partial charge in [-0.05, 0) is 11.1 Å². The van der Waals surface area contributed by atoms with Gasteiger partial charge < -0.3 is 4.74 Å². The molecule has 0 saturated carbocycles. The third kappa shape index (κ3) is 5.66. The van der Waals surface area contributed by atoms with Crippen LogP contribution in [0.5, 0.6) is 0 Å². The predicted molar refractivity (Wildman–Crippen MR) is 83.8 cm³/mol. The van der Waals surface area contributed by atoms with E-state index < -0.39 is 6.17 Å². The summed E-state index contributed by atoms with van der Waals surface area (Å²) >= 11 is 0. The van der Waals surface area contributed by atoms with Gasteiger partial charge in [0, 0.05) is 26.7 Å². The van der Waals surface area contributed by atoms with E-state index in [0.29, 0.717) is 6.54 Å². The number of hydrogen-bond acceptors (Lipinski definition) is 2. The van der Waals surface area contributed by atoms with Gasteiger partial charge >= 0.3 is 0 Å². The van der Waals surface area contributed by atoms with Gasteiger partial charge in [0.05, 0.1) is 6.61 Å². The largest absolute Gasteiger partial charge is 0.382 e. The van der Waals surface area contributed by atoms with Gasteiger partial charge in [0.1, 0.15) is 6.17 Å². The molecular weight excluding hydrogens is 265 g/mol. The standard InChI is InChI=1S/C18H22FNO/c1-21-15-18(19)14-20(12-16-8-4-2-5-9-16)13-17-10-6-3-7-11-17/h2-11,18H,12-15H2,1H3. The number of nitrogens with zero attached hydrogens (tertiary/aromatic N) is 1. The smallest absolute Gasteiger partial charge is 0.136 e. The summed E-state index contributed by atoms with van der Waals surface area (Å²) in [7, 11) is 1.53. The second kappa shape index (κ2) is 8.55. The van der Waals surface area contributed by atoms with E-state index >= 15 is 0 Å². The summed E-state index contributed by atoms with van der Waals surface area (Å²) in [6.07, 6.45) is -0.970. The molecule has 21 heavy (non-hydrogen) atoms. The second-order valence-electron chi connectivity index (χ2n) is 5.19. The minimum absolute atomic E-state index is 0.139. The molecule has 0 aromatic heterocycles. The van der Waals surface area contributed by atoms with Crippen LogP contribution in [-0.4, -0.2) is 31.3 Å². The van der Waals surface area contributed by atoms with E-state index in [1.54, 1.807) is 0 Å². The topological polar surface area (TPSA) is 12.5 Å². The predicted octanol–water partition coefficient (Wildman–Crippen LogP) is 3.67. The highest BCUT2D eigenvalue weighted by molar-refractivity contribution is 5.17. The molecule has 0 saturated heterocycles. The number of hydrogen-bond donors (Lipinski definition) is 0. The molecule has 0 radical (unpaired) electrons. The van der Waals surface area contributed by atoms with Crippen molar-refractivity contribution in [3.05, 3.63) is 71.8 Å². The van der Waals surface area contributed by atoms with E-state index in [1.807, 2.05) is 36.4 Å². The van der Waals surface area contributed by atoms with E-state index in [2.05, 4.69) is 29.2 Å². The fourth-order valence-corrected chi connectivity index (χ4v) is 2.38. The summed E-state index contributed by atoms with van der Waals surface area (Å²) in [4.78, 5) is 2.12. The minimum atomic E-state index is -0.970. The molecule has 2 aromatic rings. The van der Waals surface area contributed by atoms with Crippen LogP contribution in [0.4, 0.5) is 4.39 Å². The Kier molecular flexibility index (Phi) is 6.38. The van der Waals surface area contributed by atoms with Crippen LogP contribution in [-0.2, 0) is 17.8 Å². The third-order valence-electron chi connectivity index (χ3n) is 3.30. The van der Waals surface area contributed by atoms with Gasteiger partial charge in [-0.2, -0.15) is 0 Å². The van der Waals surface area contributed by atoms with E-state index in [9.17, 15) is 4.39 Å². The zero-order valence-electron chi connectivity index (χ0n) is 12.4. The number of rotatable bonds is 8. The van der Waals surface area contributed by atoms with E-state index in [-0.39, 0.29) is 6.61 Å². The summed E-state index contributed by atoms with van der Waals surface area (Å²) in [5, 5.41) is 0. The number of benzene rings is 2. The van der Waals surface area contributed by atoms with Gasteiger partial charge in [-0.15, -0.1) is 0 Å². The molecule has 1 atom stereocenters. The summed E-state index contributed by atoms with van der Waals surface area (Å²) in [6.45, 7) is 1.98. The molecule has 0 fully saturated rings. The van der Waals surface area contributed by atoms with Crippen LogP contribution in [0.2, 0.25) is 0 Å². The summed E-state index contributed by atoms with van der Waals surface area (Å²) < 4.78 is 18.8. The second-order valence-corrected chi connectivity index (χ2v) is 5.19. The van der Waals surface area contributed by atoms with Crippen LogP contribution in [0.3, 0.4) is 0 Å². The number of alkyl halides is 1. The lowest BCUT2D eigenvalue weighted by atomic mass is 10.1. The normalized spacial score (nSPS) is 12.5. The van der Waals surface area contributed by atoms with Crippen molar-refractivity contribution in [2.75, 3.05) is 20.3 Å². The van der Waals surface area contributed by atoms with Crippen LogP contribution in [0, 0.1) is 0 Å². The molecule has 2 aromatic carbocycles. The first-order chi connectivity index (χ1) is 10.3. The molecular formula is C18H22FNO. The van der Waals surface area contributed by atoms with Crippen LogP contribution in [0.25, 0.3) is 0 Å². The molecule has 0 heterocycles. The Morgan fingerprint density at radius 2 is 1.38 bits per heavy atom. The van der Waals surface area contributed by atoms with Crippen LogP contribution < -0.4 is 0 Å². The average molecular weight is 287 g/mol. The molecule has 0 bridgehead atoms. The van der Waals surface area contributed by atoms with E-state index in [1.165, 1.54) is 18.2 Å². The molecule has 0 aliphatic heterocycles. The Labute approximate surface area is 126 Å². The van der Waals surface area contributed by atoms with Crippen molar-refractivity contribution in [1.82, 2.24) is 4.90 Å². The summed E-state index contributed by atoms with van der Waals surface area (Å²) in [6, 6.07) is 20.3. The molecule has 1 unspecified atom stereocenters. The Morgan fingerprint density at radius 3 is 1.81 bits per heavy atom. The zero-order chi connectivity index (χ0) is 14.9. The van der Waals surface area contributed by atoms with E-state index in [4.69, 9.17) is 4.74 Å². The van der Waals surface area contributed by atoms with Crippen molar-refractivity contribution in [3.63, 3.8) is 0 Å². The Balaban J connectivity index is 2.02. The maximum absolute atomic E-state index is 13.9. The SMILES string of the molecule is COCC(F)CN(Cc1ccccc1)Cc1ccccc1. The van der Waals surface area contributed by atoms with Crippen molar-refractivity contribution < 1.29 is 9.13 Å². The lowest BCUT2D eigenvalue weighted by Crippen LogP contribution is -2.31. The fraction of sp³-hybridized carbons (Fsp3) is 0.333. The molecule has 2 nitrogen and oxygen atoms in total. The van der Waals surface area contributed by atoms with Gasteiger partial charge in [-0.25, -0.2) is 4.39 Å². The van der Waals surface area contributed by atoms with Crippen LogP contribution >= 0.6 is 0 Å². The highest BCUT2D eigenvalue weighted by atomic mass is 19.1. The van der Waals surface area contributed by atoms with Crippen molar-refractivity contribution in [1.29, 1.82) is 0 Å². The summed E-state index contributed by atoms with van der Waals surface area (Å²) in [5.74, 6) is 0. The summed E-state index contributed by atoms with van der Waals surface area (Å²) in [5.41, 5.74) is 2.39. The highest BCUT2D eigenvalue weighted by Crippen LogP contribution is 2.11. The van der Waals surface area contributed by atoms with E-state index in [0.717, 1.165) is 13.1 Å². The van der Waals surface area contributed by atoms with Gasteiger partial charge in [-0.3, -0.25) is 4.90 Å². The fourth-order valence-electron chi connectivity index (χ4n) is 2.38. The first kappa shape index (κ1) is 15.7. The van der Waals surface area contributed by atoms with Crippen molar-refractivity contribution in [3.8, 4) is 0 Å². The Bertz CT molecular complexity index is 462. The zero-order valence-corrected chi connectivity index (χ0v) is 12.4. The monoisotopic (exact) mass is 287 g/mol. The Morgan fingerprint density at radius 1 is 0.905 bits per heavy atom. The highest BCUT2D eigenvalue weighted by Gasteiger charge is 2.14. The quantitative estimate of drug-likeness (QED) is 0.734. The van der Waals surface area contributed by atoms with Gasteiger partial charge in [-0.1, -0.05) is 60.7 Å². The Hall–Kier alpha value is -1.71. The molecule has 0 N–H and O–H groups in total.